The van der Waals surface area contributed by atoms with E-state index in [1.54, 1.807) is 0 Å². The summed E-state index contributed by atoms with van der Waals surface area (Å²) >= 11 is 4.96. The molecule has 0 bridgehead atoms. The molecule has 0 amide bonds. The summed E-state index contributed by atoms with van der Waals surface area (Å²) < 4.78 is 11.7. The quantitative estimate of drug-likeness (QED) is 0.0281. The van der Waals surface area contributed by atoms with E-state index in [9.17, 15) is 9.59 Å². The van der Waals surface area contributed by atoms with Gasteiger partial charge in [0, 0.05) is 0 Å². The molecule has 0 heterocycles. The Kier molecular flexibility index (Phi) is 38.1. The third kappa shape index (κ3) is 34.2. The van der Waals surface area contributed by atoms with Crippen LogP contribution in [0, 0.1) is 11.8 Å². The fourth-order valence-electron chi connectivity index (χ4n) is 6.52. The molecular weight excluding hydrogens is 775 g/mol. The fourth-order valence-corrected chi connectivity index (χ4v) is 10.8. The monoisotopic (exact) mass is 860 g/mol. The molecule has 0 aromatic carbocycles. The van der Waals surface area contributed by atoms with Crippen molar-refractivity contribution in [3.05, 3.63) is 24.3 Å². The van der Waals surface area contributed by atoms with Gasteiger partial charge in [-0.05, 0) is 0 Å². The van der Waals surface area contributed by atoms with Crippen LogP contribution in [0.3, 0.4) is 0 Å². The fraction of sp³-hybridized carbons (Fsp3) is 0.864. The molecule has 0 N–H and O–H groups in total. The van der Waals surface area contributed by atoms with Crippen LogP contribution in [0.5, 0.6) is 0 Å². The van der Waals surface area contributed by atoms with Crippen molar-refractivity contribution >= 4 is 56.4 Å². The molecule has 0 radical (unpaired) electrons. The van der Waals surface area contributed by atoms with Crippen LogP contribution in [0.15, 0.2) is 24.3 Å². The first-order valence-electron chi connectivity index (χ1n) is 21.8. The third-order valence-electron chi connectivity index (χ3n) is 9.88. The van der Waals surface area contributed by atoms with Crippen molar-refractivity contribution in [1.82, 2.24) is 0 Å². The molecule has 0 rings (SSSR count). The molecule has 0 aromatic heterocycles. The second-order valence-corrected chi connectivity index (χ2v) is 25.3. The van der Waals surface area contributed by atoms with Crippen molar-refractivity contribution in [1.29, 1.82) is 0 Å². The molecule has 0 aromatic rings. The normalized spacial score (nSPS) is 13.3. The molecule has 300 valence electrons. The first-order valence-corrected chi connectivity index (χ1v) is 31.1. The van der Waals surface area contributed by atoms with E-state index in [-0.39, 0.29) is 11.9 Å². The summed E-state index contributed by atoms with van der Waals surface area (Å²) in [5.41, 5.74) is 0. The zero-order valence-corrected chi connectivity index (χ0v) is 38.8. The minimum absolute atomic E-state index is 0.327. The van der Waals surface area contributed by atoms with E-state index >= 15 is 0 Å². The van der Waals surface area contributed by atoms with Crippen LogP contribution < -0.4 is 0 Å². The van der Waals surface area contributed by atoms with Gasteiger partial charge in [-0.25, -0.2) is 0 Å². The van der Waals surface area contributed by atoms with Gasteiger partial charge < -0.3 is 0 Å². The third-order valence-corrected chi connectivity index (χ3v) is 14.6. The Hall–Kier alpha value is -0.0813. The number of hydrogen-bond acceptors (Lipinski definition) is 6. The Morgan fingerprint density at radius 3 is 0.922 bits per heavy atom. The number of hydrogen-bond donors (Lipinski definition) is 2. The Bertz CT molecular complexity index is 781. The number of unbranched alkanes of at least 4 members (excludes halogenated alkanes) is 28. The topological polar surface area (TPSA) is 52.6 Å². The van der Waals surface area contributed by atoms with Crippen molar-refractivity contribution in [2.75, 3.05) is 11.5 Å². The molecule has 0 spiro atoms. The van der Waals surface area contributed by atoms with Crippen LogP contribution in [0.2, 0.25) is 9.88 Å². The zero-order valence-electron chi connectivity index (χ0n) is 34.1. The van der Waals surface area contributed by atoms with E-state index in [0.717, 1.165) is 25.7 Å². The second-order valence-electron chi connectivity index (χ2n) is 15.4. The Morgan fingerprint density at radius 1 is 0.451 bits per heavy atom. The van der Waals surface area contributed by atoms with Crippen molar-refractivity contribution in [2.45, 2.75) is 216 Å². The summed E-state index contributed by atoms with van der Waals surface area (Å²) in [6, 6.07) is 0. The van der Waals surface area contributed by atoms with E-state index in [1.165, 1.54) is 167 Å². The van der Waals surface area contributed by atoms with E-state index in [4.69, 9.17) is 6.15 Å². The van der Waals surface area contributed by atoms with E-state index < -0.39 is 31.0 Å². The minimum atomic E-state index is -3.85. The van der Waals surface area contributed by atoms with Crippen LogP contribution in [0.4, 0.5) is 0 Å². The molecule has 0 aliphatic rings. The van der Waals surface area contributed by atoms with Crippen molar-refractivity contribution in [3.8, 4) is 0 Å². The van der Waals surface area contributed by atoms with Crippen LogP contribution in [0.1, 0.15) is 206 Å². The number of allylic oxidation sites excluding steroid dienone is 2. The number of carbonyl (C=O) groups is 2. The van der Waals surface area contributed by atoms with E-state index in [2.05, 4.69) is 51.3 Å². The molecular formula is C44H84O4S2Sn. The first-order chi connectivity index (χ1) is 24.8. The maximum atomic E-state index is 12.9. The second kappa shape index (κ2) is 38.2. The molecule has 51 heavy (non-hydrogen) atoms. The summed E-state index contributed by atoms with van der Waals surface area (Å²) in [4.78, 5) is 29.6. The Morgan fingerprint density at radius 2 is 0.686 bits per heavy atom. The summed E-state index contributed by atoms with van der Waals surface area (Å²) in [6.07, 6.45) is 47.8. The van der Waals surface area contributed by atoms with Gasteiger partial charge in [0.1, 0.15) is 0 Å². The van der Waals surface area contributed by atoms with Gasteiger partial charge in [0.2, 0.25) is 0 Å². The molecule has 7 heteroatoms. The molecule has 0 saturated carbocycles. The van der Waals surface area contributed by atoms with Crippen LogP contribution >= 0.6 is 25.3 Å². The maximum absolute atomic E-state index is 12.9. The van der Waals surface area contributed by atoms with Gasteiger partial charge in [-0.15, -0.1) is 0 Å². The van der Waals surface area contributed by atoms with E-state index in [1.807, 2.05) is 22.0 Å². The van der Waals surface area contributed by atoms with Gasteiger partial charge in [-0.3, -0.25) is 0 Å². The van der Waals surface area contributed by atoms with Gasteiger partial charge in [0.15, 0.2) is 0 Å². The summed E-state index contributed by atoms with van der Waals surface area (Å²) in [7, 11) is 0. The van der Waals surface area contributed by atoms with Gasteiger partial charge in [-0.1, -0.05) is 117 Å². The average molecular weight is 860 g/mol. The van der Waals surface area contributed by atoms with Gasteiger partial charge in [0.25, 0.3) is 0 Å². The molecule has 0 fully saturated rings. The number of carbonyl (C=O) groups excluding carboxylic acids is 2. The Labute approximate surface area is 334 Å². The number of thiol groups is 2. The van der Waals surface area contributed by atoms with E-state index in [0.29, 0.717) is 11.5 Å². The standard InChI is InChI=1S/2C21H40O2S.2CH3.Sn/c2*1-2-3-4-5-6-7-8-9-10-11-12-13-14-15-16-17-18-20(19-24)21(22)23;;;/h2*17-18,20,24H,2-16,19H2,1H3,(H,22,23);2*1H3;/q;;;;+2/p-2. The van der Waals surface area contributed by atoms with Crippen molar-refractivity contribution < 1.29 is 15.7 Å². The Balaban J connectivity index is 4.07. The van der Waals surface area contributed by atoms with Gasteiger partial charge in [0.05, 0.1) is 0 Å². The van der Waals surface area contributed by atoms with Gasteiger partial charge >= 0.3 is 220 Å². The molecule has 2 atom stereocenters. The SMILES string of the molecule is CCCCCCCCCCCCCCCCC=CC(CS)C(=O)[O][Sn]([CH3])([CH3])[O]C(=O)C(C=CCCCCCCCCCCCCCCCC)CS. The first kappa shape index (κ1) is 50.9. The molecule has 2 unspecified atom stereocenters. The van der Waals surface area contributed by atoms with Crippen LogP contribution in [-0.4, -0.2) is 42.6 Å². The van der Waals surface area contributed by atoms with Gasteiger partial charge in [-0.2, -0.15) is 0 Å². The van der Waals surface area contributed by atoms with Crippen molar-refractivity contribution in [2.24, 2.45) is 11.8 Å². The molecule has 0 aliphatic heterocycles. The summed E-state index contributed by atoms with van der Waals surface area (Å²) in [6.45, 7) is 4.56. The van der Waals surface area contributed by atoms with Crippen LogP contribution in [-0.2, 0) is 15.7 Å². The molecule has 0 aliphatic carbocycles. The predicted molar refractivity (Wildman–Crippen MR) is 232 cm³/mol. The molecule has 0 saturated heterocycles. The summed E-state index contributed by atoms with van der Waals surface area (Å²) in [5.74, 6) is -0.727. The summed E-state index contributed by atoms with van der Waals surface area (Å²) in [5, 5.41) is 0. The average Bonchev–Trinajstić information content (AvgIpc) is 3.10. The predicted octanol–water partition coefficient (Wildman–Crippen LogP) is 14.7. The number of rotatable bonds is 38. The molecule has 4 nitrogen and oxygen atoms in total. The zero-order chi connectivity index (χ0) is 37.7. The van der Waals surface area contributed by atoms with Crippen molar-refractivity contribution in [3.63, 3.8) is 0 Å². The van der Waals surface area contributed by atoms with Crippen LogP contribution in [0.25, 0.3) is 0 Å².